The zero-order valence-corrected chi connectivity index (χ0v) is 8.55. The molecule has 1 fully saturated rings. The fourth-order valence-corrected chi connectivity index (χ4v) is 1.46. The van der Waals surface area contributed by atoms with E-state index in [1.165, 1.54) is 4.90 Å². The Bertz CT molecular complexity index is 247. The molecule has 2 unspecified atom stereocenters. The predicted molar refractivity (Wildman–Crippen MR) is 49.6 cm³/mol. The summed E-state index contributed by atoms with van der Waals surface area (Å²) in [5.41, 5.74) is -2.02. The topological polar surface area (TPSA) is 49.4 Å². The molecule has 0 spiro atoms. The fourth-order valence-electron chi connectivity index (χ4n) is 1.39. The summed E-state index contributed by atoms with van der Waals surface area (Å²) in [5.74, 6) is -0.794. The zero-order chi connectivity index (χ0) is 10.7. The van der Waals surface area contributed by atoms with Crippen LogP contribution < -0.4 is 5.32 Å². The molecule has 0 saturated carbocycles. The van der Waals surface area contributed by atoms with Gasteiger partial charge in [-0.05, 0) is 6.42 Å². The maximum Gasteiger partial charge on any atom is 0.270 e. The van der Waals surface area contributed by atoms with Crippen LogP contribution in [-0.4, -0.2) is 42.0 Å². The molecule has 4 nitrogen and oxygen atoms in total. The van der Waals surface area contributed by atoms with Crippen LogP contribution in [0, 0.1) is 0 Å². The lowest BCUT2D eigenvalue weighted by atomic mass is 10.1. The van der Waals surface area contributed by atoms with Crippen LogP contribution in [0.25, 0.3) is 0 Å². The number of nitrogens with zero attached hydrogens (tertiary/aromatic N) is 1. The number of nitrogens with one attached hydrogen (secondary N) is 1. The first-order chi connectivity index (χ1) is 6.50. The number of hydrogen-bond acceptors (Lipinski definition) is 2. The maximum absolute atomic E-state index is 12.3. The first-order valence-electron chi connectivity index (χ1n) is 4.33. The smallest absolute Gasteiger partial charge is 0.270 e. The number of piperidine rings is 1. The molecule has 0 aromatic carbocycles. The number of amides is 2. The Morgan fingerprint density at radius 2 is 2.43 bits per heavy atom. The second-order valence-electron chi connectivity index (χ2n) is 3.32. The summed E-state index contributed by atoms with van der Waals surface area (Å²) >= 11 is 4.95. The molecule has 14 heavy (non-hydrogen) atoms. The van der Waals surface area contributed by atoms with Crippen molar-refractivity contribution in [2.24, 2.45) is 0 Å². The number of carbonyl (C=O) groups is 2. The molecule has 80 valence electrons. The average Bonchev–Trinajstić information content (AvgIpc) is 2.11. The van der Waals surface area contributed by atoms with E-state index in [2.05, 4.69) is 5.32 Å². The molecule has 0 radical (unpaired) electrons. The second kappa shape index (κ2) is 4.59. The van der Waals surface area contributed by atoms with E-state index in [1.807, 2.05) is 0 Å². The Balaban J connectivity index is 2.40. The van der Waals surface area contributed by atoms with Crippen LogP contribution in [0.15, 0.2) is 0 Å². The van der Waals surface area contributed by atoms with E-state index in [0.29, 0.717) is 19.4 Å². The molecule has 2 atom stereocenters. The number of likely N-dealkylation sites (N-methyl/N-ethyl adjacent to an activating group) is 1. The predicted octanol–water partition coefficient (Wildman–Crippen LogP) is 0.258. The van der Waals surface area contributed by atoms with Crippen LogP contribution in [0.2, 0.25) is 0 Å². The van der Waals surface area contributed by atoms with Gasteiger partial charge in [-0.25, -0.2) is 4.39 Å². The summed E-state index contributed by atoms with van der Waals surface area (Å²) in [5, 5.41) is 2.43. The van der Waals surface area contributed by atoms with Crippen molar-refractivity contribution in [1.29, 1.82) is 0 Å². The molecule has 0 bridgehead atoms. The van der Waals surface area contributed by atoms with Crippen LogP contribution in [0.3, 0.4) is 0 Å². The van der Waals surface area contributed by atoms with E-state index in [9.17, 15) is 14.0 Å². The molecule has 2 amide bonds. The second-order valence-corrected chi connectivity index (χ2v) is 3.70. The van der Waals surface area contributed by atoms with Gasteiger partial charge in [0.1, 0.15) is 0 Å². The lowest BCUT2D eigenvalue weighted by Gasteiger charge is -2.30. The molecular weight excluding hydrogens is 211 g/mol. The minimum absolute atomic E-state index is 0.0400. The van der Waals surface area contributed by atoms with Crippen molar-refractivity contribution in [3.05, 3.63) is 0 Å². The van der Waals surface area contributed by atoms with E-state index in [1.54, 1.807) is 7.05 Å². The molecule has 0 aromatic heterocycles. The van der Waals surface area contributed by atoms with Gasteiger partial charge in [0.25, 0.3) is 11.5 Å². The fraction of sp³-hybridized carbons (Fsp3) is 0.750. The molecular formula is C8H12ClFN2O2. The lowest BCUT2D eigenvalue weighted by molar-refractivity contribution is -0.134. The van der Waals surface area contributed by atoms with E-state index in [0.717, 1.165) is 0 Å². The highest BCUT2D eigenvalue weighted by atomic mass is 35.5. The first kappa shape index (κ1) is 11.2. The summed E-state index contributed by atoms with van der Waals surface area (Å²) in [4.78, 5) is 23.5. The van der Waals surface area contributed by atoms with E-state index < -0.39 is 11.5 Å². The maximum atomic E-state index is 12.3. The number of likely N-dealkylation sites (tertiary alicyclic amines) is 1. The monoisotopic (exact) mass is 222 g/mol. The van der Waals surface area contributed by atoms with Crippen molar-refractivity contribution in [1.82, 2.24) is 10.2 Å². The molecule has 1 aliphatic rings. The zero-order valence-electron chi connectivity index (χ0n) is 7.80. The van der Waals surface area contributed by atoms with Crippen molar-refractivity contribution in [2.75, 3.05) is 13.6 Å². The highest BCUT2D eigenvalue weighted by Crippen LogP contribution is 2.10. The van der Waals surface area contributed by atoms with Gasteiger partial charge in [-0.15, -0.1) is 0 Å². The Morgan fingerprint density at radius 1 is 1.79 bits per heavy atom. The SMILES string of the molecule is CN1CC(NC(=O)C(F)Cl)CCC1=O. The number of halogens is 2. The lowest BCUT2D eigenvalue weighted by Crippen LogP contribution is -2.49. The summed E-state index contributed by atoms with van der Waals surface area (Å²) in [7, 11) is 1.65. The average molecular weight is 223 g/mol. The summed E-state index contributed by atoms with van der Waals surface area (Å²) in [6, 6.07) is -0.192. The molecule has 1 N–H and O–H groups in total. The third-order valence-electron chi connectivity index (χ3n) is 2.17. The van der Waals surface area contributed by atoms with E-state index >= 15 is 0 Å². The highest BCUT2D eigenvalue weighted by Gasteiger charge is 2.25. The van der Waals surface area contributed by atoms with Gasteiger partial charge in [0.05, 0.1) is 0 Å². The van der Waals surface area contributed by atoms with E-state index in [-0.39, 0.29) is 11.9 Å². The number of alkyl halides is 2. The van der Waals surface area contributed by atoms with Gasteiger partial charge >= 0.3 is 0 Å². The van der Waals surface area contributed by atoms with Crippen molar-refractivity contribution >= 4 is 23.4 Å². The van der Waals surface area contributed by atoms with Crippen LogP contribution >= 0.6 is 11.6 Å². The van der Waals surface area contributed by atoms with Gasteiger partial charge in [-0.2, -0.15) is 0 Å². The Kier molecular flexibility index (Phi) is 3.69. The van der Waals surface area contributed by atoms with Crippen LogP contribution in [0.4, 0.5) is 4.39 Å². The molecule has 0 aliphatic carbocycles. The first-order valence-corrected chi connectivity index (χ1v) is 4.77. The van der Waals surface area contributed by atoms with Crippen LogP contribution in [-0.2, 0) is 9.59 Å². The minimum atomic E-state index is -2.02. The summed E-state index contributed by atoms with van der Waals surface area (Å²) in [6.07, 6.45) is 0.916. The van der Waals surface area contributed by atoms with Gasteiger partial charge < -0.3 is 10.2 Å². The molecule has 1 heterocycles. The van der Waals surface area contributed by atoms with Crippen molar-refractivity contribution in [3.8, 4) is 0 Å². The Hall–Kier alpha value is -0.840. The third-order valence-corrected chi connectivity index (χ3v) is 2.37. The standard InChI is InChI=1S/C8H12ClFN2O2/c1-12-4-5(2-3-6(12)13)11-8(14)7(9)10/h5,7H,2-4H2,1H3,(H,11,14). The van der Waals surface area contributed by atoms with Gasteiger partial charge in [0, 0.05) is 26.1 Å². The third kappa shape index (κ3) is 2.83. The van der Waals surface area contributed by atoms with E-state index in [4.69, 9.17) is 11.6 Å². The van der Waals surface area contributed by atoms with Gasteiger partial charge in [-0.3, -0.25) is 9.59 Å². The summed E-state index contributed by atoms with van der Waals surface area (Å²) in [6.45, 7) is 0.411. The van der Waals surface area contributed by atoms with Crippen molar-refractivity contribution in [3.63, 3.8) is 0 Å². The van der Waals surface area contributed by atoms with Gasteiger partial charge in [0.2, 0.25) is 5.91 Å². The van der Waals surface area contributed by atoms with Crippen molar-refractivity contribution < 1.29 is 14.0 Å². The minimum Gasteiger partial charge on any atom is -0.348 e. The quantitative estimate of drug-likeness (QED) is 0.682. The molecule has 0 aromatic rings. The molecule has 1 saturated heterocycles. The number of carbonyl (C=O) groups excluding carboxylic acids is 2. The number of hydrogen-bond donors (Lipinski definition) is 1. The van der Waals surface area contributed by atoms with Crippen LogP contribution in [0.5, 0.6) is 0 Å². The van der Waals surface area contributed by atoms with Gasteiger partial charge in [0.15, 0.2) is 0 Å². The summed E-state index contributed by atoms with van der Waals surface area (Å²) < 4.78 is 12.3. The number of rotatable bonds is 2. The van der Waals surface area contributed by atoms with Gasteiger partial charge in [-0.1, -0.05) is 11.6 Å². The normalized spacial score (nSPS) is 24.6. The van der Waals surface area contributed by atoms with Crippen LogP contribution in [0.1, 0.15) is 12.8 Å². The largest absolute Gasteiger partial charge is 0.348 e. The Morgan fingerprint density at radius 3 is 2.93 bits per heavy atom. The van der Waals surface area contributed by atoms with Crippen molar-refractivity contribution in [2.45, 2.75) is 24.5 Å². The molecule has 6 heteroatoms. The Labute approximate surface area is 86.4 Å². The highest BCUT2D eigenvalue weighted by molar-refractivity contribution is 6.29. The molecule has 1 aliphatic heterocycles. The molecule has 1 rings (SSSR count).